The summed E-state index contributed by atoms with van der Waals surface area (Å²) in [7, 11) is 0. The fourth-order valence-electron chi connectivity index (χ4n) is 1.77. The van der Waals surface area contributed by atoms with Crippen molar-refractivity contribution in [3.8, 4) is 0 Å². The molecule has 98 valence electrons. The average molecular weight is 267 g/mol. The van der Waals surface area contributed by atoms with Crippen LogP contribution in [0, 0.1) is 5.92 Å². The van der Waals surface area contributed by atoms with Gasteiger partial charge in [-0.2, -0.15) is 0 Å². The normalized spacial score (nSPS) is 26.7. The number of aliphatic imine (C=N–C) groups is 1. The Morgan fingerprint density at radius 3 is 2.78 bits per heavy atom. The number of carbonyl (C=O) groups is 2. The van der Waals surface area contributed by atoms with Gasteiger partial charge in [-0.15, -0.1) is 0 Å². The summed E-state index contributed by atoms with van der Waals surface area (Å²) in [5, 5.41) is 2.78. The lowest BCUT2D eigenvalue weighted by Crippen LogP contribution is -2.60. The Morgan fingerprint density at radius 2 is 2.22 bits per heavy atom. The van der Waals surface area contributed by atoms with Crippen molar-refractivity contribution in [3.63, 3.8) is 0 Å². The highest BCUT2D eigenvalue weighted by molar-refractivity contribution is 7.80. The summed E-state index contributed by atoms with van der Waals surface area (Å²) in [5.74, 6) is -1.46. The van der Waals surface area contributed by atoms with Crippen molar-refractivity contribution >= 4 is 35.4 Å². The molecular weight excluding hydrogens is 250 g/mol. The Bertz CT molecular complexity index is 418. The van der Waals surface area contributed by atoms with E-state index in [1.807, 2.05) is 13.8 Å². The monoisotopic (exact) mass is 267 g/mol. The quantitative estimate of drug-likeness (QED) is 0.467. The van der Waals surface area contributed by atoms with Crippen molar-refractivity contribution in [2.75, 3.05) is 0 Å². The van der Waals surface area contributed by atoms with Crippen LogP contribution in [0.3, 0.4) is 0 Å². The summed E-state index contributed by atoms with van der Waals surface area (Å²) in [6.45, 7) is 3.89. The van der Waals surface area contributed by atoms with Gasteiger partial charge in [0.2, 0.25) is 11.8 Å². The second-order valence-electron chi connectivity index (χ2n) is 4.77. The SMILES string of the molecule is CC[C@H](C)N1C(=O)[C@H](C=NC2CC2)C(=O)NC1=S. The van der Waals surface area contributed by atoms with Gasteiger partial charge in [0.25, 0.3) is 0 Å². The predicted molar refractivity (Wildman–Crippen MR) is 72.3 cm³/mol. The van der Waals surface area contributed by atoms with E-state index in [9.17, 15) is 9.59 Å². The third kappa shape index (κ3) is 2.58. The summed E-state index contributed by atoms with van der Waals surface area (Å²) in [6, 6.07) is 0.291. The Labute approximate surface area is 112 Å². The lowest BCUT2D eigenvalue weighted by atomic mass is 10.0. The van der Waals surface area contributed by atoms with Crippen molar-refractivity contribution in [3.05, 3.63) is 0 Å². The van der Waals surface area contributed by atoms with Crippen LogP contribution in [-0.4, -0.2) is 40.1 Å². The molecule has 18 heavy (non-hydrogen) atoms. The van der Waals surface area contributed by atoms with Gasteiger partial charge < -0.3 is 5.32 Å². The molecule has 1 saturated heterocycles. The first-order chi connectivity index (χ1) is 8.54. The van der Waals surface area contributed by atoms with E-state index in [0.29, 0.717) is 6.04 Å². The summed E-state index contributed by atoms with van der Waals surface area (Å²) in [5.41, 5.74) is 0. The molecule has 0 aromatic heterocycles. The van der Waals surface area contributed by atoms with E-state index in [1.165, 1.54) is 11.1 Å². The van der Waals surface area contributed by atoms with Gasteiger partial charge in [-0.3, -0.25) is 19.5 Å². The number of nitrogens with zero attached hydrogens (tertiary/aromatic N) is 2. The summed E-state index contributed by atoms with van der Waals surface area (Å²) in [4.78, 5) is 29.7. The molecule has 0 aromatic carbocycles. The van der Waals surface area contributed by atoms with Crippen LogP contribution in [0.2, 0.25) is 0 Å². The Hall–Kier alpha value is -1.30. The first-order valence-corrected chi connectivity index (χ1v) is 6.66. The summed E-state index contributed by atoms with van der Waals surface area (Å²) < 4.78 is 0. The van der Waals surface area contributed by atoms with Gasteiger partial charge in [0.05, 0.1) is 0 Å². The molecule has 1 saturated carbocycles. The van der Waals surface area contributed by atoms with Gasteiger partial charge in [0, 0.05) is 18.3 Å². The number of hydrogen-bond donors (Lipinski definition) is 1. The van der Waals surface area contributed by atoms with E-state index in [2.05, 4.69) is 10.3 Å². The molecule has 2 rings (SSSR count). The fourth-order valence-corrected chi connectivity index (χ4v) is 2.14. The Balaban J connectivity index is 2.15. The van der Waals surface area contributed by atoms with Crippen LogP contribution >= 0.6 is 12.2 Å². The highest BCUT2D eigenvalue weighted by Gasteiger charge is 2.39. The number of thiocarbonyl (C=S) groups is 1. The van der Waals surface area contributed by atoms with Crippen LogP contribution in [0.25, 0.3) is 0 Å². The number of nitrogens with one attached hydrogen (secondary N) is 1. The molecule has 2 aliphatic rings. The van der Waals surface area contributed by atoms with Gasteiger partial charge in [0.1, 0.15) is 0 Å². The van der Waals surface area contributed by atoms with Crippen LogP contribution in [-0.2, 0) is 9.59 Å². The molecule has 2 atom stereocenters. The van der Waals surface area contributed by atoms with Crippen LogP contribution in [0.1, 0.15) is 33.1 Å². The zero-order valence-corrected chi connectivity index (χ0v) is 11.4. The largest absolute Gasteiger partial charge is 0.302 e. The molecule has 6 heteroatoms. The van der Waals surface area contributed by atoms with E-state index in [1.54, 1.807) is 0 Å². The van der Waals surface area contributed by atoms with E-state index in [-0.39, 0.29) is 23.0 Å². The predicted octanol–water partition coefficient (Wildman–Crippen LogP) is 0.878. The third-order valence-corrected chi connectivity index (χ3v) is 3.56. The molecule has 0 radical (unpaired) electrons. The minimum Gasteiger partial charge on any atom is -0.302 e. The Morgan fingerprint density at radius 1 is 1.56 bits per heavy atom. The second-order valence-corrected chi connectivity index (χ2v) is 5.15. The van der Waals surface area contributed by atoms with E-state index in [4.69, 9.17) is 12.2 Å². The lowest BCUT2D eigenvalue weighted by Gasteiger charge is -2.34. The highest BCUT2D eigenvalue weighted by Crippen LogP contribution is 2.24. The number of hydrogen-bond acceptors (Lipinski definition) is 4. The molecule has 0 unspecified atom stereocenters. The first-order valence-electron chi connectivity index (χ1n) is 6.25. The minimum absolute atomic E-state index is 0.0116. The molecule has 0 aromatic rings. The molecule has 5 nitrogen and oxygen atoms in total. The fraction of sp³-hybridized carbons (Fsp3) is 0.667. The van der Waals surface area contributed by atoms with Gasteiger partial charge in [-0.1, -0.05) is 6.92 Å². The van der Waals surface area contributed by atoms with Crippen molar-refractivity contribution in [1.29, 1.82) is 0 Å². The van der Waals surface area contributed by atoms with Crippen molar-refractivity contribution in [2.24, 2.45) is 10.9 Å². The maximum atomic E-state index is 12.3. The minimum atomic E-state index is -0.828. The summed E-state index contributed by atoms with van der Waals surface area (Å²) in [6.07, 6.45) is 4.36. The van der Waals surface area contributed by atoms with Gasteiger partial charge in [-0.25, -0.2) is 0 Å². The van der Waals surface area contributed by atoms with Crippen molar-refractivity contribution < 1.29 is 9.59 Å². The lowest BCUT2D eigenvalue weighted by molar-refractivity contribution is -0.139. The average Bonchev–Trinajstić information content (AvgIpc) is 3.11. The number of amides is 2. The van der Waals surface area contributed by atoms with Gasteiger partial charge in [0.15, 0.2) is 11.0 Å². The summed E-state index contributed by atoms with van der Waals surface area (Å²) >= 11 is 5.05. The van der Waals surface area contributed by atoms with Crippen LogP contribution in [0.15, 0.2) is 4.99 Å². The molecule has 1 heterocycles. The maximum absolute atomic E-state index is 12.3. The third-order valence-electron chi connectivity index (χ3n) is 3.26. The van der Waals surface area contributed by atoms with E-state index >= 15 is 0 Å². The second kappa shape index (κ2) is 5.14. The van der Waals surface area contributed by atoms with Crippen molar-refractivity contribution in [2.45, 2.75) is 45.2 Å². The maximum Gasteiger partial charge on any atom is 0.247 e. The standard InChI is InChI=1S/C12H17N3O2S/c1-3-7(2)15-11(17)9(6-13-8-4-5-8)10(16)14-12(15)18/h6-9H,3-5H2,1-2H3,(H,14,16,18)/t7-,9+/m0/s1. The smallest absolute Gasteiger partial charge is 0.247 e. The molecule has 1 aliphatic carbocycles. The van der Waals surface area contributed by atoms with Gasteiger partial charge in [-0.05, 0) is 38.4 Å². The zero-order valence-electron chi connectivity index (χ0n) is 10.5. The topological polar surface area (TPSA) is 61.8 Å². The molecule has 0 bridgehead atoms. The molecule has 2 fully saturated rings. The van der Waals surface area contributed by atoms with Crippen LogP contribution in [0.5, 0.6) is 0 Å². The number of rotatable bonds is 4. The Kier molecular flexibility index (Phi) is 3.75. The molecular formula is C12H17N3O2S. The molecule has 2 amide bonds. The van der Waals surface area contributed by atoms with Crippen molar-refractivity contribution in [1.82, 2.24) is 10.2 Å². The van der Waals surface area contributed by atoms with Crippen LogP contribution < -0.4 is 5.32 Å². The number of carbonyl (C=O) groups excluding carboxylic acids is 2. The van der Waals surface area contributed by atoms with E-state index in [0.717, 1.165) is 19.3 Å². The molecule has 1 N–H and O–H groups in total. The highest BCUT2D eigenvalue weighted by atomic mass is 32.1. The van der Waals surface area contributed by atoms with Crippen LogP contribution in [0.4, 0.5) is 0 Å². The molecule has 0 spiro atoms. The molecule has 1 aliphatic heterocycles. The zero-order chi connectivity index (χ0) is 13.3. The van der Waals surface area contributed by atoms with Gasteiger partial charge >= 0.3 is 0 Å². The van der Waals surface area contributed by atoms with E-state index < -0.39 is 5.92 Å². The first kappa shape index (κ1) is 13.1.